The van der Waals surface area contributed by atoms with Crippen LogP contribution >= 0.6 is 0 Å². The van der Waals surface area contributed by atoms with Crippen molar-refractivity contribution in [3.05, 3.63) is 41.7 Å². The Morgan fingerprint density at radius 3 is 2.65 bits per heavy atom. The molecule has 2 aromatic rings. The molecule has 0 radical (unpaired) electrons. The smallest absolute Gasteiger partial charge is 0.200 e. The quantitative estimate of drug-likeness (QED) is 0.771. The molecule has 0 atom stereocenters. The summed E-state index contributed by atoms with van der Waals surface area (Å²) < 4.78 is 36.2. The molecule has 17 heavy (non-hydrogen) atoms. The SMILES string of the molecule is COc1cc(-c2ccc(C=O)o2)cc(F)c1F. The molecule has 0 saturated heterocycles. The summed E-state index contributed by atoms with van der Waals surface area (Å²) in [7, 11) is 1.24. The molecule has 1 aromatic heterocycles. The van der Waals surface area contributed by atoms with Gasteiger partial charge >= 0.3 is 0 Å². The van der Waals surface area contributed by atoms with Gasteiger partial charge in [-0.2, -0.15) is 4.39 Å². The van der Waals surface area contributed by atoms with Crippen LogP contribution in [-0.4, -0.2) is 13.4 Å². The molecule has 0 spiro atoms. The van der Waals surface area contributed by atoms with Crippen LogP contribution in [0, 0.1) is 11.6 Å². The number of carbonyl (C=O) groups is 1. The van der Waals surface area contributed by atoms with Gasteiger partial charge in [0.1, 0.15) is 5.76 Å². The Kier molecular flexibility index (Phi) is 2.91. The number of furan rings is 1. The number of methoxy groups -OCH3 is 1. The van der Waals surface area contributed by atoms with Gasteiger partial charge in [-0.05, 0) is 24.3 Å². The first-order valence-corrected chi connectivity index (χ1v) is 4.74. The van der Waals surface area contributed by atoms with Gasteiger partial charge in [0.15, 0.2) is 23.6 Å². The summed E-state index contributed by atoms with van der Waals surface area (Å²) in [5.74, 6) is -1.93. The molecule has 1 heterocycles. The molecule has 88 valence electrons. The fraction of sp³-hybridized carbons (Fsp3) is 0.0833. The number of hydrogen-bond acceptors (Lipinski definition) is 3. The largest absolute Gasteiger partial charge is 0.494 e. The van der Waals surface area contributed by atoms with E-state index in [1.54, 1.807) is 0 Å². The highest BCUT2D eigenvalue weighted by atomic mass is 19.2. The monoisotopic (exact) mass is 238 g/mol. The molecule has 0 saturated carbocycles. The number of benzene rings is 1. The van der Waals surface area contributed by atoms with Crippen LogP contribution in [0.4, 0.5) is 8.78 Å². The van der Waals surface area contributed by atoms with Gasteiger partial charge in [0.25, 0.3) is 0 Å². The Hall–Kier alpha value is -2.17. The van der Waals surface area contributed by atoms with Crippen LogP contribution in [0.15, 0.2) is 28.7 Å². The number of halogens is 2. The van der Waals surface area contributed by atoms with Gasteiger partial charge in [-0.15, -0.1) is 0 Å². The van der Waals surface area contributed by atoms with Crippen LogP contribution in [0.5, 0.6) is 5.75 Å². The normalized spacial score (nSPS) is 10.3. The maximum absolute atomic E-state index is 13.2. The molecular formula is C12H8F2O3. The lowest BCUT2D eigenvalue weighted by Gasteiger charge is -2.05. The van der Waals surface area contributed by atoms with Crippen molar-refractivity contribution in [3.63, 3.8) is 0 Å². The number of carbonyl (C=O) groups excluding carboxylic acids is 1. The van der Waals surface area contributed by atoms with E-state index >= 15 is 0 Å². The third kappa shape index (κ3) is 2.04. The minimum atomic E-state index is -1.06. The van der Waals surface area contributed by atoms with Crippen LogP contribution in [0.2, 0.25) is 0 Å². The molecule has 0 aliphatic carbocycles. The topological polar surface area (TPSA) is 39.4 Å². The first-order chi connectivity index (χ1) is 8.15. The summed E-state index contributed by atoms with van der Waals surface area (Å²) >= 11 is 0. The lowest BCUT2D eigenvalue weighted by atomic mass is 10.1. The summed E-state index contributed by atoms with van der Waals surface area (Å²) in [6.45, 7) is 0. The Morgan fingerprint density at radius 2 is 2.06 bits per heavy atom. The second-order valence-corrected chi connectivity index (χ2v) is 3.29. The molecule has 5 heteroatoms. The van der Waals surface area contributed by atoms with E-state index in [2.05, 4.69) is 0 Å². The second-order valence-electron chi connectivity index (χ2n) is 3.29. The van der Waals surface area contributed by atoms with Gasteiger partial charge in [0.05, 0.1) is 7.11 Å². The van der Waals surface area contributed by atoms with Crippen LogP contribution in [0.1, 0.15) is 10.6 Å². The molecule has 2 rings (SSSR count). The molecule has 0 N–H and O–H groups in total. The van der Waals surface area contributed by atoms with Crippen molar-refractivity contribution >= 4 is 6.29 Å². The Balaban J connectivity index is 2.52. The number of hydrogen-bond donors (Lipinski definition) is 0. The lowest BCUT2D eigenvalue weighted by molar-refractivity contribution is 0.110. The Labute approximate surface area is 95.6 Å². The molecular weight excluding hydrogens is 230 g/mol. The second kappa shape index (κ2) is 4.37. The molecule has 3 nitrogen and oxygen atoms in total. The first kappa shape index (κ1) is 11.3. The van der Waals surface area contributed by atoms with Crippen molar-refractivity contribution in [2.45, 2.75) is 0 Å². The highest BCUT2D eigenvalue weighted by molar-refractivity contribution is 5.73. The maximum atomic E-state index is 13.2. The van der Waals surface area contributed by atoms with Crippen molar-refractivity contribution < 1.29 is 22.7 Å². The summed E-state index contributed by atoms with van der Waals surface area (Å²) in [5, 5.41) is 0. The number of ether oxygens (including phenoxy) is 1. The molecule has 0 bridgehead atoms. The van der Waals surface area contributed by atoms with Gasteiger partial charge in [-0.1, -0.05) is 0 Å². The zero-order valence-corrected chi connectivity index (χ0v) is 8.87. The predicted octanol–water partition coefficient (Wildman–Crippen LogP) is 3.05. The summed E-state index contributed by atoms with van der Waals surface area (Å²) in [4.78, 5) is 10.4. The first-order valence-electron chi connectivity index (χ1n) is 4.74. The van der Waals surface area contributed by atoms with Crippen molar-refractivity contribution in [2.24, 2.45) is 0 Å². The van der Waals surface area contributed by atoms with Crippen molar-refractivity contribution in [2.75, 3.05) is 7.11 Å². The summed E-state index contributed by atoms with van der Waals surface area (Å²) in [6, 6.07) is 5.21. The van der Waals surface area contributed by atoms with Crippen LogP contribution in [0.25, 0.3) is 11.3 Å². The van der Waals surface area contributed by atoms with E-state index in [0.29, 0.717) is 11.8 Å². The van der Waals surface area contributed by atoms with Crippen LogP contribution < -0.4 is 4.74 Å². The third-order valence-electron chi connectivity index (χ3n) is 2.24. The fourth-order valence-corrected chi connectivity index (χ4v) is 1.43. The number of aldehydes is 1. The van der Waals surface area contributed by atoms with Gasteiger partial charge in [-0.25, -0.2) is 4.39 Å². The molecule has 1 aromatic carbocycles. The van der Waals surface area contributed by atoms with E-state index in [0.717, 1.165) is 6.07 Å². The molecule has 0 aliphatic heterocycles. The highest BCUT2D eigenvalue weighted by Gasteiger charge is 2.14. The van der Waals surface area contributed by atoms with Crippen molar-refractivity contribution in [3.8, 4) is 17.1 Å². The van der Waals surface area contributed by atoms with E-state index in [-0.39, 0.29) is 17.3 Å². The molecule has 0 aliphatic rings. The zero-order chi connectivity index (χ0) is 12.4. The van der Waals surface area contributed by atoms with E-state index < -0.39 is 11.6 Å². The molecule has 0 amide bonds. The van der Waals surface area contributed by atoms with Crippen molar-refractivity contribution in [1.29, 1.82) is 0 Å². The molecule has 0 unspecified atom stereocenters. The third-order valence-corrected chi connectivity index (χ3v) is 2.24. The van der Waals surface area contributed by atoms with E-state index in [4.69, 9.17) is 9.15 Å². The minimum absolute atomic E-state index is 0.115. The summed E-state index contributed by atoms with van der Waals surface area (Å²) in [6.07, 6.45) is 0.528. The van der Waals surface area contributed by atoms with E-state index in [1.165, 1.54) is 25.3 Å². The average molecular weight is 238 g/mol. The van der Waals surface area contributed by atoms with Gasteiger partial charge in [0.2, 0.25) is 5.82 Å². The van der Waals surface area contributed by atoms with E-state index in [9.17, 15) is 13.6 Å². The van der Waals surface area contributed by atoms with Crippen LogP contribution in [-0.2, 0) is 0 Å². The summed E-state index contributed by atoms with van der Waals surface area (Å²) in [5.41, 5.74) is 0.300. The zero-order valence-electron chi connectivity index (χ0n) is 8.87. The molecule has 0 fully saturated rings. The Bertz CT molecular complexity index is 561. The predicted molar refractivity (Wildman–Crippen MR) is 56.0 cm³/mol. The van der Waals surface area contributed by atoms with Gasteiger partial charge < -0.3 is 9.15 Å². The number of rotatable bonds is 3. The van der Waals surface area contributed by atoms with E-state index in [1.807, 2.05) is 0 Å². The highest BCUT2D eigenvalue weighted by Crippen LogP contribution is 2.29. The minimum Gasteiger partial charge on any atom is -0.494 e. The van der Waals surface area contributed by atoms with Gasteiger partial charge in [-0.3, -0.25) is 4.79 Å². The maximum Gasteiger partial charge on any atom is 0.200 e. The Morgan fingerprint density at radius 1 is 1.29 bits per heavy atom. The average Bonchev–Trinajstić information content (AvgIpc) is 2.81. The van der Waals surface area contributed by atoms with Crippen molar-refractivity contribution in [1.82, 2.24) is 0 Å². The fourth-order valence-electron chi connectivity index (χ4n) is 1.43. The lowest BCUT2D eigenvalue weighted by Crippen LogP contribution is -1.93. The standard InChI is InChI=1S/C12H8F2O3/c1-16-11-5-7(4-9(13)12(11)14)10-3-2-8(6-15)17-10/h2-6H,1H3. The van der Waals surface area contributed by atoms with Crippen LogP contribution in [0.3, 0.4) is 0 Å². The van der Waals surface area contributed by atoms with Gasteiger partial charge in [0, 0.05) is 5.56 Å².